The maximum atomic E-state index is 12.4. The van der Waals surface area contributed by atoms with E-state index < -0.39 is 17.4 Å². The van der Waals surface area contributed by atoms with Crippen molar-refractivity contribution < 1.29 is 14.7 Å². The Morgan fingerprint density at radius 1 is 1.31 bits per heavy atom. The minimum atomic E-state index is -0.914. The number of unbranched alkanes of at least 4 members (excludes halogenated alkanes) is 1. The van der Waals surface area contributed by atoms with E-state index in [0.29, 0.717) is 32.2 Å². The maximum absolute atomic E-state index is 12.4. The lowest BCUT2D eigenvalue weighted by Crippen LogP contribution is -2.40. The standard InChI is InChI=1S/C21H28N2O3/c1-16(2)21(15-22,17-9-4-3-5-10-17)13-7-6-12-19(24)23-14-8-11-18(23)20(25)26/h3-5,9-10,16,18H,6-8,11-14H2,1-2H3,(H,25,26)/t18-,21+/m1/s1. The average molecular weight is 356 g/mol. The fraction of sp³-hybridized carbons (Fsp3) is 0.571. The largest absolute Gasteiger partial charge is 0.480 e. The molecule has 1 amide bonds. The van der Waals surface area contributed by atoms with Crippen LogP contribution in [0, 0.1) is 17.2 Å². The van der Waals surface area contributed by atoms with Gasteiger partial charge >= 0.3 is 5.97 Å². The van der Waals surface area contributed by atoms with Gasteiger partial charge < -0.3 is 10.0 Å². The molecule has 2 atom stereocenters. The van der Waals surface area contributed by atoms with E-state index in [1.165, 1.54) is 4.90 Å². The Morgan fingerprint density at radius 3 is 2.58 bits per heavy atom. The molecule has 0 saturated carbocycles. The smallest absolute Gasteiger partial charge is 0.326 e. The summed E-state index contributed by atoms with van der Waals surface area (Å²) in [5, 5.41) is 19.1. The number of aliphatic carboxylic acids is 1. The normalized spacial score (nSPS) is 19.2. The summed E-state index contributed by atoms with van der Waals surface area (Å²) in [6.45, 7) is 4.65. The predicted octanol–water partition coefficient (Wildman–Crippen LogP) is 3.74. The number of hydrogen-bond acceptors (Lipinski definition) is 3. The quantitative estimate of drug-likeness (QED) is 0.719. The number of carboxylic acid groups (broad SMARTS) is 1. The molecule has 1 heterocycles. The van der Waals surface area contributed by atoms with Crippen LogP contribution < -0.4 is 0 Å². The number of benzene rings is 1. The van der Waals surface area contributed by atoms with Crippen LogP contribution in [0.25, 0.3) is 0 Å². The molecule has 5 nitrogen and oxygen atoms in total. The van der Waals surface area contributed by atoms with Gasteiger partial charge in [0.05, 0.1) is 11.5 Å². The van der Waals surface area contributed by atoms with Gasteiger partial charge in [-0.25, -0.2) is 4.79 Å². The van der Waals surface area contributed by atoms with E-state index >= 15 is 0 Å². The van der Waals surface area contributed by atoms with Gasteiger partial charge in [0.2, 0.25) is 5.91 Å². The monoisotopic (exact) mass is 356 g/mol. The second-order valence-electron chi connectivity index (χ2n) is 7.39. The zero-order chi connectivity index (χ0) is 19.2. The molecule has 26 heavy (non-hydrogen) atoms. The SMILES string of the molecule is CC(C)[C@@](C#N)(CCCCC(=O)N1CCC[C@@H]1C(=O)O)c1ccccc1. The highest BCUT2D eigenvalue weighted by Crippen LogP contribution is 2.37. The van der Waals surface area contributed by atoms with Crippen LogP contribution in [0.3, 0.4) is 0 Å². The number of amides is 1. The Balaban J connectivity index is 1.93. The zero-order valence-corrected chi connectivity index (χ0v) is 15.6. The van der Waals surface area contributed by atoms with Crippen molar-refractivity contribution in [2.24, 2.45) is 5.92 Å². The molecule has 5 heteroatoms. The Bertz CT molecular complexity index is 666. The number of carbonyl (C=O) groups excluding carboxylic acids is 1. The van der Waals surface area contributed by atoms with E-state index in [4.69, 9.17) is 0 Å². The Labute approximate surface area is 155 Å². The van der Waals surface area contributed by atoms with Gasteiger partial charge in [-0.3, -0.25) is 4.79 Å². The van der Waals surface area contributed by atoms with Crippen LogP contribution in [0.2, 0.25) is 0 Å². The second kappa shape index (κ2) is 8.84. The third kappa shape index (κ3) is 4.24. The first kappa shape index (κ1) is 20.0. The average Bonchev–Trinajstić information content (AvgIpc) is 3.12. The van der Waals surface area contributed by atoms with Crippen molar-refractivity contribution in [1.29, 1.82) is 5.26 Å². The topological polar surface area (TPSA) is 81.4 Å². The third-order valence-electron chi connectivity index (χ3n) is 5.54. The molecule has 1 saturated heterocycles. The van der Waals surface area contributed by atoms with E-state index in [1.807, 2.05) is 30.3 Å². The van der Waals surface area contributed by atoms with Crippen molar-refractivity contribution in [3.8, 4) is 6.07 Å². The second-order valence-corrected chi connectivity index (χ2v) is 7.39. The van der Waals surface area contributed by atoms with Gasteiger partial charge in [0, 0.05) is 13.0 Å². The molecule has 1 N–H and O–H groups in total. The minimum Gasteiger partial charge on any atom is -0.480 e. The highest BCUT2D eigenvalue weighted by molar-refractivity contribution is 5.84. The number of rotatable bonds is 8. The summed E-state index contributed by atoms with van der Waals surface area (Å²) in [7, 11) is 0. The van der Waals surface area contributed by atoms with Crippen molar-refractivity contribution >= 4 is 11.9 Å². The van der Waals surface area contributed by atoms with Crippen molar-refractivity contribution in [2.45, 2.75) is 63.8 Å². The molecule has 140 valence electrons. The van der Waals surface area contributed by atoms with Gasteiger partial charge in [0.15, 0.2) is 0 Å². The van der Waals surface area contributed by atoms with Gasteiger partial charge in [-0.15, -0.1) is 0 Å². The van der Waals surface area contributed by atoms with E-state index in [0.717, 1.165) is 18.4 Å². The van der Waals surface area contributed by atoms with Crippen LogP contribution in [0.1, 0.15) is 57.9 Å². The first-order chi connectivity index (χ1) is 12.4. The summed E-state index contributed by atoms with van der Waals surface area (Å²) >= 11 is 0. The summed E-state index contributed by atoms with van der Waals surface area (Å²) in [6.07, 6.45) is 3.77. The summed E-state index contributed by atoms with van der Waals surface area (Å²) < 4.78 is 0. The predicted molar refractivity (Wildman–Crippen MR) is 99.4 cm³/mol. The number of nitrogens with zero attached hydrogens (tertiary/aromatic N) is 2. The lowest BCUT2D eigenvalue weighted by atomic mass is 9.69. The van der Waals surface area contributed by atoms with Crippen LogP contribution in [-0.4, -0.2) is 34.5 Å². The maximum Gasteiger partial charge on any atom is 0.326 e. The molecule has 0 aliphatic carbocycles. The first-order valence-corrected chi connectivity index (χ1v) is 9.41. The van der Waals surface area contributed by atoms with Crippen LogP contribution >= 0.6 is 0 Å². The lowest BCUT2D eigenvalue weighted by Gasteiger charge is -2.31. The molecule has 0 unspecified atom stereocenters. The summed E-state index contributed by atoms with van der Waals surface area (Å²) in [5.41, 5.74) is 0.468. The number of carbonyl (C=O) groups is 2. The lowest BCUT2D eigenvalue weighted by molar-refractivity contribution is -0.148. The molecule has 0 aromatic heterocycles. The van der Waals surface area contributed by atoms with Gasteiger partial charge in [0.25, 0.3) is 0 Å². The molecule has 1 aliphatic rings. The highest BCUT2D eigenvalue weighted by Gasteiger charge is 2.36. The molecule has 2 rings (SSSR count). The van der Waals surface area contributed by atoms with E-state index in [9.17, 15) is 20.0 Å². The van der Waals surface area contributed by atoms with Crippen molar-refractivity contribution in [3.05, 3.63) is 35.9 Å². The fourth-order valence-electron chi connectivity index (χ4n) is 3.90. The molecule has 0 spiro atoms. The van der Waals surface area contributed by atoms with E-state index in [1.54, 1.807) is 0 Å². The van der Waals surface area contributed by atoms with Gasteiger partial charge in [-0.1, -0.05) is 50.6 Å². The van der Waals surface area contributed by atoms with Gasteiger partial charge in [-0.05, 0) is 37.2 Å². The third-order valence-corrected chi connectivity index (χ3v) is 5.54. The first-order valence-electron chi connectivity index (χ1n) is 9.41. The van der Waals surface area contributed by atoms with Crippen LogP contribution in [0.4, 0.5) is 0 Å². The van der Waals surface area contributed by atoms with Crippen LogP contribution in [0.15, 0.2) is 30.3 Å². The molecule has 1 aliphatic heterocycles. The number of hydrogen-bond donors (Lipinski definition) is 1. The molecule has 1 aromatic rings. The Morgan fingerprint density at radius 2 is 2.00 bits per heavy atom. The number of likely N-dealkylation sites (tertiary alicyclic amines) is 1. The van der Waals surface area contributed by atoms with E-state index in [-0.39, 0.29) is 11.8 Å². The van der Waals surface area contributed by atoms with Crippen molar-refractivity contribution in [3.63, 3.8) is 0 Å². The van der Waals surface area contributed by atoms with Crippen molar-refractivity contribution in [1.82, 2.24) is 4.90 Å². The highest BCUT2D eigenvalue weighted by atomic mass is 16.4. The molecular weight excluding hydrogens is 328 g/mol. The summed E-state index contributed by atoms with van der Waals surface area (Å²) in [5.74, 6) is -0.828. The summed E-state index contributed by atoms with van der Waals surface area (Å²) in [6, 6.07) is 11.7. The molecular formula is C21H28N2O3. The van der Waals surface area contributed by atoms with Crippen LogP contribution in [-0.2, 0) is 15.0 Å². The number of nitriles is 1. The molecule has 0 bridgehead atoms. The van der Waals surface area contributed by atoms with Gasteiger partial charge in [-0.2, -0.15) is 5.26 Å². The number of carboxylic acids is 1. The Hall–Kier alpha value is -2.35. The van der Waals surface area contributed by atoms with Crippen LogP contribution in [0.5, 0.6) is 0 Å². The Kier molecular flexibility index (Phi) is 6.79. The molecule has 1 fully saturated rings. The zero-order valence-electron chi connectivity index (χ0n) is 15.6. The van der Waals surface area contributed by atoms with Crippen molar-refractivity contribution in [2.75, 3.05) is 6.54 Å². The summed E-state index contributed by atoms with van der Waals surface area (Å²) in [4.78, 5) is 25.1. The fourth-order valence-corrected chi connectivity index (χ4v) is 3.90. The molecule has 1 aromatic carbocycles. The minimum absolute atomic E-state index is 0.0817. The molecule has 0 radical (unpaired) electrons. The van der Waals surface area contributed by atoms with Gasteiger partial charge in [0.1, 0.15) is 6.04 Å². The van der Waals surface area contributed by atoms with E-state index in [2.05, 4.69) is 19.9 Å².